The fourth-order valence-corrected chi connectivity index (χ4v) is 3.24. The van der Waals surface area contributed by atoms with Crippen LogP contribution >= 0.6 is 0 Å². The molecule has 0 unspecified atom stereocenters. The summed E-state index contributed by atoms with van der Waals surface area (Å²) < 4.78 is 0. The van der Waals surface area contributed by atoms with Crippen molar-refractivity contribution in [3.8, 4) is 5.75 Å². The number of benzene rings is 2. The van der Waals surface area contributed by atoms with Crippen LogP contribution in [0.25, 0.3) is 0 Å². The fourth-order valence-electron chi connectivity index (χ4n) is 3.24. The van der Waals surface area contributed by atoms with Crippen molar-refractivity contribution in [3.05, 3.63) is 79.6 Å². The van der Waals surface area contributed by atoms with Crippen molar-refractivity contribution in [2.24, 2.45) is 0 Å². The van der Waals surface area contributed by atoms with E-state index in [-0.39, 0.29) is 40.3 Å². The van der Waals surface area contributed by atoms with Crippen LogP contribution in [0.4, 0.5) is 17.1 Å². The zero-order chi connectivity index (χ0) is 22.0. The average molecular weight is 407 g/mol. The van der Waals surface area contributed by atoms with E-state index in [1.165, 1.54) is 11.0 Å². The number of carbonyl (C=O) groups excluding carboxylic acids is 1. The van der Waals surface area contributed by atoms with E-state index in [1.54, 1.807) is 26.2 Å². The van der Waals surface area contributed by atoms with E-state index in [9.17, 15) is 19.5 Å². The first kappa shape index (κ1) is 21.1. The molecule has 0 aliphatic rings. The Morgan fingerprint density at radius 2 is 1.67 bits per heavy atom. The van der Waals surface area contributed by atoms with Crippen molar-refractivity contribution in [1.82, 2.24) is 4.90 Å². The van der Waals surface area contributed by atoms with Crippen molar-refractivity contribution in [2.45, 2.75) is 26.3 Å². The van der Waals surface area contributed by atoms with Crippen LogP contribution in [-0.4, -0.2) is 30.0 Å². The summed E-state index contributed by atoms with van der Waals surface area (Å²) in [5.41, 5.74) is 1.40. The van der Waals surface area contributed by atoms with Crippen LogP contribution in [0.3, 0.4) is 0 Å². The molecular formula is C23H25N3O4. The molecule has 30 heavy (non-hydrogen) atoms. The Kier molecular flexibility index (Phi) is 5.91. The van der Waals surface area contributed by atoms with Crippen molar-refractivity contribution in [3.63, 3.8) is 0 Å². The van der Waals surface area contributed by atoms with Gasteiger partial charge in [0.15, 0.2) is 5.75 Å². The lowest BCUT2D eigenvalue weighted by molar-refractivity contribution is 0.0824. The molecule has 1 atom stereocenters. The third-order valence-electron chi connectivity index (χ3n) is 5.05. The van der Waals surface area contributed by atoms with E-state index >= 15 is 0 Å². The topological polar surface area (TPSA) is 98.7 Å². The van der Waals surface area contributed by atoms with Crippen LogP contribution in [0.1, 0.15) is 40.9 Å². The molecule has 3 aromatic rings. The highest BCUT2D eigenvalue weighted by Gasteiger charge is 2.25. The first-order chi connectivity index (χ1) is 14.2. The summed E-state index contributed by atoms with van der Waals surface area (Å²) in [5.74, 6) is -0.648. The number of rotatable bonds is 7. The molecule has 7 heteroatoms. The predicted octanol–water partition coefficient (Wildman–Crippen LogP) is 3.31. The van der Waals surface area contributed by atoms with Gasteiger partial charge in [-0.25, -0.2) is 0 Å². The fraction of sp³-hybridized carbons (Fsp3) is 0.261. The maximum atomic E-state index is 12.2. The molecule has 0 fully saturated rings. The second-order valence-electron chi connectivity index (χ2n) is 7.45. The number of phenolic OH excluding ortho intramolecular Hbond substituents is 1. The number of carbonyl (C=O) groups is 1. The van der Waals surface area contributed by atoms with Gasteiger partial charge in [-0.1, -0.05) is 42.8 Å². The third kappa shape index (κ3) is 3.91. The van der Waals surface area contributed by atoms with Crippen molar-refractivity contribution >= 4 is 23.0 Å². The zero-order valence-corrected chi connectivity index (χ0v) is 17.4. The molecule has 7 nitrogen and oxygen atoms in total. The minimum Gasteiger partial charge on any atom is -0.505 e. The second kappa shape index (κ2) is 8.41. The number of anilines is 3. The number of para-hydroxylation sites is 1. The molecule has 1 amide bonds. The van der Waals surface area contributed by atoms with E-state index in [4.69, 9.17) is 0 Å². The summed E-state index contributed by atoms with van der Waals surface area (Å²) in [6, 6.07) is 12.4. The Balaban J connectivity index is 1.90. The molecular weight excluding hydrogens is 382 g/mol. The van der Waals surface area contributed by atoms with Gasteiger partial charge in [0.1, 0.15) is 11.4 Å². The SMILES string of the molecule is CC[C@H](Nc1c(Nc2cccc(C(=O)N(C)C)c2O)c(=O)c1=O)c1ccc(C)cc1. The van der Waals surface area contributed by atoms with Crippen LogP contribution < -0.4 is 21.5 Å². The van der Waals surface area contributed by atoms with Gasteiger partial charge in [-0.2, -0.15) is 0 Å². The van der Waals surface area contributed by atoms with Crippen LogP contribution in [-0.2, 0) is 0 Å². The van der Waals surface area contributed by atoms with Crippen molar-refractivity contribution in [2.75, 3.05) is 24.7 Å². The second-order valence-corrected chi connectivity index (χ2v) is 7.45. The van der Waals surface area contributed by atoms with Crippen LogP contribution in [0.15, 0.2) is 52.1 Å². The molecule has 0 heterocycles. The Morgan fingerprint density at radius 3 is 2.27 bits per heavy atom. The van der Waals surface area contributed by atoms with Gasteiger partial charge in [0.05, 0.1) is 17.3 Å². The predicted molar refractivity (Wildman–Crippen MR) is 119 cm³/mol. The van der Waals surface area contributed by atoms with Gasteiger partial charge < -0.3 is 20.6 Å². The Labute approximate surface area is 174 Å². The normalized spacial score (nSPS) is 11.9. The molecule has 3 rings (SSSR count). The smallest absolute Gasteiger partial charge is 0.257 e. The van der Waals surface area contributed by atoms with Gasteiger partial charge in [0.25, 0.3) is 16.8 Å². The monoisotopic (exact) mass is 407 g/mol. The lowest BCUT2D eigenvalue weighted by Crippen LogP contribution is -2.37. The molecule has 3 aromatic carbocycles. The number of nitrogens with one attached hydrogen (secondary N) is 2. The first-order valence-corrected chi connectivity index (χ1v) is 9.71. The standard InChI is InChI=1S/C23H25N3O4/c1-5-16(14-11-9-13(2)10-12-14)24-18-19(22(29)21(18)28)25-17-8-6-7-15(20(17)27)23(30)26(3)4/h6-12,16,24-25,27H,5H2,1-4H3/t16-/m0/s1. The van der Waals surface area contributed by atoms with E-state index in [0.717, 1.165) is 11.1 Å². The summed E-state index contributed by atoms with van der Waals surface area (Å²) in [4.78, 5) is 38.0. The van der Waals surface area contributed by atoms with Crippen molar-refractivity contribution in [1.29, 1.82) is 0 Å². The van der Waals surface area contributed by atoms with E-state index in [0.29, 0.717) is 6.42 Å². The van der Waals surface area contributed by atoms with Gasteiger partial charge in [-0.05, 0) is 31.0 Å². The number of hydrogen-bond acceptors (Lipinski definition) is 6. The highest BCUT2D eigenvalue weighted by molar-refractivity contribution is 5.99. The lowest BCUT2D eigenvalue weighted by Gasteiger charge is -2.22. The molecule has 0 saturated heterocycles. The summed E-state index contributed by atoms with van der Waals surface area (Å²) in [7, 11) is 3.16. The van der Waals surface area contributed by atoms with Gasteiger partial charge >= 0.3 is 0 Å². The van der Waals surface area contributed by atoms with Gasteiger partial charge in [0, 0.05) is 14.1 Å². The van der Waals surface area contributed by atoms with E-state index in [2.05, 4.69) is 10.6 Å². The van der Waals surface area contributed by atoms with E-state index < -0.39 is 10.9 Å². The molecule has 156 valence electrons. The Hall–Kier alpha value is -3.61. The minimum absolute atomic E-state index is 0.0790. The van der Waals surface area contributed by atoms with Crippen LogP contribution in [0, 0.1) is 6.92 Å². The molecule has 0 saturated carbocycles. The quantitative estimate of drug-likeness (QED) is 0.411. The number of nitrogens with zero attached hydrogens (tertiary/aromatic N) is 1. The highest BCUT2D eigenvalue weighted by atomic mass is 16.3. The molecule has 0 bridgehead atoms. The minimum atomic E-state index is -0.667. The summed E-state index contributed by atoms with van der Waals surface area (Å²) >= 11 is 0. The summed E-state index contributed by atoms with van der Waals surface area (Å²) in [6.45, 7) is 3.98. The average Bonchev–Trinajstić information content (AvgIpc) is 2.74. The maximum absolute atomic E-state index is 12.2. The summed E-state index contributed by atoms with van der Waals surface area (Å²) in [5, 5.41) is 16.5. The molecule has 0 spiro atoms. The number of amides is 1. The highest BCUT2D eigenvalue weighted by Crippen LogP contribution is 2.33. The largest absolute Gasteiger partial charge is 0.505 e. The maximum Gasteiger partial charge on any atom is 0.257 e. The molecule has 0 radical (unpaired) electrons. The Morgan fingerprint density at radius 1 is 1.03 bits per heavy atom. The van der Waals surface area contributed by atoms with Gasteiger partial charge in [-0.15, -0.1) is 0 Å². The summed E-state index contributed by atoms with van der Waals surface area (Å²) in [6.07, 6.45) is 0.708. The van der Waals surface area contributed by atoms with Crippen molar-refractivity contribution < 1.29 is 9.90 Å². The lowest BCUT2D eigenvalue weighted by atomic mass is 10.0. The number of aryl methyl sites for hydroxylation is 1. The molecule has 3 N–H and O–H groups in total. The van der Waals surface area contributed by atoms with E-state index in [1.807, 2.05) is 38.1 Å². The third-order valence-corrected chi connectivity index (χ3v) is 5.05. The van der Waals surface area contributed by atoms with Gasteiger partial charge in [0.2, 0.25) is 0 Å². The molecule has 0 aromatic heterocycles. The molecule has 0 aliphatic carbocycles. The first-order valence-electron chi connectivity index (χ1n) is 9.71. The van der Waals surface area contributed by atoms with Gasteiger partial charge in [-0.3, -0.25) is 14.4 Å². The van der Waals surface area contributed by atoms with Crippen LogP contribution in [0.5, 0.6) is 5.75 Å². The zero-order valence-electron chi connectivity index (χ0n) is 17.4. The molecule has 0 aliphatic heterocycles. The Bertz CT molecular complexity index is 1140. The number of phenols is 1. The number of aromatic hydroxyl groups is 1. The number of hydrogen-bond donors (Lipinski definition) is 3. The van der Waals surface area contributed by atoms with Crippen LogP contribution in [0.2, 0.25) is 0 Å².